The van der Waals surface area contributed by atoms with Crippen molar-refractivity contribution in [1.82, 2.24) is 9.62 Å². The number of aryl methyl sites for hydroxylation is 2. The van der Waals surface area contributed by atoms with Crippen molar-refractivity contribution in [3.05, 3.63) is 23.3 Å². The summed E-state index contributed by atoms with van der Waals surface area (Å²) >= 11 is 0. The van der Waals surface area contributed by atoms with Crippen LogP contribution in [0.3, 0.4) is 0 Å². The average molecular weight is 349 g/mol. The van der Waals surface area contributed by atoms with E-state index in [1.54, 1.807) is 10.4 Å². The molecule has 1 aliphatic heterocycles. The largest absolute Gasteiger partial charge is 0.495 e. The molecule has 1 saturated heterocycles. The summed E-state index contributed by atoms with van der Waals surface area (Å²) in [5, 5.41) is 3.30. The van der Waals surface area contributed by atoms with Crippen molar-refractivity contribution in [2.75, 3.05) is 20.2 Å². The normalized spacial score (nSPS) is 23.0. The van der Waals surface area contributed by atoms with Gasteiger partial charge in [-0.2, -0.15) is 4.31 Å². The van der Waals surface area contributed by atoms with E-state index in [1.807, 2.05) is 33.8 Å². The Morgan fingerprint density at radius 2 is 1.91 bits per heavy atom. The van der Waals surface area contributed by atoms with Crippen molar-refractivity contribution < 1.29 is 13.2 Å². The molecule has 2 atom stereocenters. The summed E-state index contributed by atoms with van der Waals surface area (Å²) in [6.45, 7) is 8.83. The minimum absolute atomic E-state index is 0. The lowest BCUT2D eigenvalue weighted by Crippen LogP contribution is -2.57. The molecule has 0 aromatic heterocycles. The lowest BCUT2D eigenvalue weighted by Gasteiger charge is -2.38. The van der Waals surface area contributed by atoms with Gasteiger partial charge in [-0.05, 0) is 44.9 Å². The monoisotopic (exact) mass is 348 g/mol. The maximum atomic E-state index is 13.1. The highest BCUT2D eigenvalue weighted by molar-refractivity contribution is 7.89. The Morgan fingerprint density at radius 3 is 2.50 bits per heavy atom. The summed E-state index contributed by atoms with van der Waals surface area (Å²) in [6, 6.07) is 3.70. The number of methoxy groups -OCH3 is 1. The van der Waals surface area contributed by atoms with Gasteiger partial charge in [-0.15, -0.1) is 12.4 Å². The highest BCUT2D eigenvalue weighted by Gasteiger charge is 2.36. The van der Waals surface area contributed by atoms with E-state index in [0.717, 1.165) is 11.1 Å². The fourth-order valence-corrected chi connectivity index (χ4v) is 4.93. The molecule has 0 spiro atoms. The van der Waals surface area contributed by atoms with Crippen LogP contribution in [0.15, 0.2) is 17.0 Å². The smallest absolute Gasteiger partial charge is 0.247 e. The molecule has 0 radical (unpaired) electrons. The Kier molecular flexibility index (Phi) is 6.27. The Hall–Kier alpha value is -0.820. The van der Waals surface area contributed by atoms with Crippen molar-refractivity contribution in [1.29, 1.82) is 0 Å². The SMILES string of the molecule is COc1cc(C)cc(C)c1S(=O)(=O)N1CCNC(C)C1C.Cl. The molecular formula is C15H25ClN2O3S. The summed E-state index contributed by atoms with van der Waals surface area (Å²) in [5.74, 6) is 0.422. The van der Waals surface area contributed by atoms with Crippen LogP contribution in [0.25, 0.3) is 0 Å². The molecule has 0 aliphatic carbocycles. The fraction of sp³-hybridized carbons (Fsp3) is 0.600. The summed E-state index contributed by atoms with van der Waals surface area (Å²) in [4.78, 5) is 0.288. The van der Waals surface area contributed by atoms with Crippen molar-refractivity contribution >= 4 is 22.4 Å². The van der Waals surface area contributed by atoms with Gasteiger partial charge in [0.1, 0.15) is 10.6 Å². The number of piperazine rings is 1. The molecule has 0 amide bonds. The lowest BCUT2D eigenvalue weighted by atomic mass is 10.1. The Bertz CT molecular complexity index is 634. The topological polar surface area (TPSA) is 58.6 Å². The molecular weight excluding hydrogens is 324 g/mol. The average Bonchev–Trinajstić information content (AvgIpc) is 2.40. The molecule has 0 bridgehead atoms. The molecule has 1 N–H and O–H groups in total. The fourth-order valence-electron chi connectivity index (χ4n) is 2.88. The van der Waals surface area contributed by atoms with Crippen LogP contribution in [0.2, 0.25) is 0 Å². The van der Waals surface area contributed by atoms with E-state index in [2.05, 4.69) is 5.32 Å². The first kappa shape index (κ1) is 19.2. The van der Waals surface area contributed by atoms with Gasteiger partial charge >= 0.3 is 0 Å². The van der Waals surface area contributed by atoms with E-state index >= 15 is 0 Å². The van der Waals surface area contributed by atoms with Crippen LogP contribution in [0.1, 0.15) is 25.0 Å². The molecule has 7 heteroatoms. The third-order valence-electron chi connectivity index (χ3n) is 4.15. The number of nitrogens with zero attached hydrogens (tertiary/aromatic N) is 1. The van der Waals surface area contributed by atoms with Crippen LogP contribution in [0.4, 0.5) is 0 Å². The van der Waals surface area contributed by atoms with Crippen LogP contribution in [-0.2, 0) is 10.0 Å². The third kappa shape index (κ3) is 3.40. The highest BCUT2D eigenvalue weighted by atomic mass is 35.5. The molecule has 2 unspecified atom stereocenters. The second-order valence-electron chi connectivity index (χ2n) is 5.71. The molecule has 1 aliphatic rings. The molecule has 5 nitrogen and oxygen atoms in total. The molecule has 0 saturated carbocycles. The number of benzene rings is 1. The van der Waals surface area contributed by atoms with E-state index in [0.29, 0.717) is 18.8 Å². The number of rotatable bonds is 3. The van der Waals surface area contributed by atoms with Crippen LogP contribution < -0.4 is 10.1 Å². The number of hydrogen-bond donors (Lipinski definition) is 1. The zero-order valence-electron chi connectivity index (χ0n) is 13.7. The van der Waals surface area contributed by atoms with Crippen LogP contribution in [0.5, 0.6) is 5.75 Å². The van der Waals surface area contributed by atoms with Gasteiger partial charge in [0.15, 0.2) is 0 Å². The van der Waals surface area contributed by atoms with Crippen LogP contribution in [0, 0.1) is 13.8 Å². The number of nitrogens with one attached hydrogen (secondary N) is 1. The lowest BCUT2D eigenvalue weighted by molar-refractivity contribution is 0.232. The van der Waals surface area contributed by atoms with E-state index < -0.39 is 10.0 Å². The number of ether oxygens (including phenoxy) is 1. The molecule has 1 aromatic rings. The predicted molar refractivity (Wildman–Crippen MR) is 90.5 cm³/mol. The minimum Gasteiger partial charge on any atom is -0.495 e. The number of sulfonamides is 1. The maximum Gasteiger partial charge on any atom is 0.247 e. The van der Waals surface area contributed by atoms with Gasteiger partial charge in [-0.1, -0.05) is 6.07 Å². The van der Waals surface area contributed by atoms with Gasteiger partial charge in [0.25, 0.3) is 0 Å². The van der Waals surface area contributed by atoms with Gasteiger partial charge in [-0.25, -0.2) is 8.42 Å². The number of halogens is 1. The minimum atomic E-state index is -3.57. The van der Waals surface area contributed by atoms with E-state index in [-0.39, 0.29) is 29.4 Å². The van der Waals surface area contributed by atoms with Crippen molar-refractivity contribution in [3.8, 4) is 5.75 Å². The van der Waals surface area contributed by atoms with Gasteiger partial charge in [0, 0.05) is 25.2 Å². The van der Waals surface area contributed by atoms with Gasteiger partial charge < -0.3 is 10.1 Å². The Morgan fingerprint density at radius 1 is 1.27 bits per heavy atom. The van der Waals surface area contributed by atoms with Crippen molar-refractivity contribution in [2.24, 2.45) is 0 Å². The molecule has 1 fully saturated rings. The van der Waals surface area contributed by atoms with Crippen molar-refractivity contribution in [2.45, 2.75) is 44.7 Å². The molecule has 22 heavy (non-hydrogen) atoms. The van der Waals surface area contributed by atoms with Crippen LogP contribution >= 0.6 is 12.4 Å². The van der Waals surface area contributed by atoms with Crippen LogP contribution in [-0.4, -0.2) is 45.0 Å². The summed E-state index contributed by atoms with van der Waals surface area (Å²) in [7, 11) is -2.06. The van der Waals surface area contributed by atoms with Gasteiger partial charge in [0.2, 0.25) is 10.0 Å². The van der Waals surface area contributed by atoms with E-state index in [1.165, 1.54) is 7.11 Å². The quantitative estimate of drug-likeness (QED) is 0.908. The summed E-state index contributed by atoms with van der Waals surface area (Å²) in [6.07, 6.45) is 0. The second-order valence-corrected chi connectivity index (χ2v) is 7.54. The van der Waals surface area contributed by atoms with E-state index in [9.17, 15) is 8.42 Å². The Balaban J connectivity index is 0.00000242. The molecule has 1 aromatic carbocycles. The highest BCUT2D eigenvalue weighted by Crippen LogP contribution is 2.32. The standard InChI is InChI=1S/C15H24N2O3S.ClH/c1-10-8-11(2)15(14(9-10)20-5)21(18,19)17-7-6-16-12(3)13(17)4;/h8-9,12-13,16H,6-7H2,1-5H3;1H. The zero-order valence-corrected chi connectivity index (χ0v) is 15.3. The predicted octanol–water partition coefficient (Wildman–Crippen LogP) is 2.10. The van der Waals surface area contributed by atoms with E-state index in [4.69, 9.17) is 4.74 Å². The summed E-state index contributed by atoms with van der Waals surface area (Å²) < 4.78 is 33.0. The molecule has 1 heterocycles. The number of hydrogen-bond acceptors (Lipinski definition) is 4. The second kappa shape index (κ2) is 7.17. The molecule has 2 rings (SSSR count). The maximum absolute atomic E-state index is 13.1. The van der Waals surface area contributed by atoms with Gasteiger partial charge in [-0.3, -0.25) is 0 Å². The third-order valence-corrected chi connectivity index (χ3v) is 6.32. The summed E-state index contributed by atoms with van der Waals surface area (Å²) in [5.41, 5.74) is 1.72. The first-order valence-corrected chi connectivity index (χ1v) is 8.63. The molecule has 126 valence electrons. The first-order chi connectivity index (χ1) is 9.78. The zero-order chi connectivity index (χ0) is 15.8. The Labute approximate surface area is 139 Å². The van der Waals surface area contributed by atoms with Gasteiger partial charge in [0.05, 0.1) is 7.11 Å². The van der Waals surface area contributed by atoms with Crippen molar-refractivity contribution in [3.63, 3.8) is 0 Å². The first-order valence-electron chi connectivity index (χ1n) is 7.19.